The van der Waals surface area contributed by atoms with Crippen molar-refractivity contribution in [2.24, 2.45) is 5.41 Å². The van der Waals surface area contributed by atoms with Crippen LogP contribution in [0.2, 0.25) is 0 Å². The van der Waals surface area contributed by atoms with E-state index in [1.165, 1.54) is 6.92 Å². The molecule has 0 rings (SSSR count). The maximum atomic E-state index is 11.1. The van der Waals surface area contributed by atoms with Crippen LogP contribution < -0.4 is 0 Å². The smallest absolute Gasteiger partial charge is 0.303 e. The molecule has 0 saturated carbocycles. The second kappa shape index (κ2) is 6.58. The molecule has 98 valence electrons. The van der Waals surface area contributed by atoms with Gasteiger partial charge < -0.3 is 9.53 Å². The van der Waals surface area contributed by atoms with Crippen LogP contribution in [0.5, 0.6) is 0 Å². The molecule has 1 atom stereocenters. The van der Waals surface area contributed by atoms with Gasteiger partial charge in [0.15, 0.2) is 0 Å². The lowest BCUT2D eigenvalue weighted by molar-refractivity contribution is -0.145. The van der Waals surface area contributed by atoms with Crippen molar-refractivity contribution < 1.29 is 14.3 Å². The topological polar surface area (TPSA) is 43.4 Å². The highest BCUT2D eigenvalue weighted by Gasteiger charge is 2.25. The number of carbonyl (C=O) groups excluding carboxylic acids is 2. The lowest BCUT2D eigenvalue weighted by atomic mass is 9.82. The summed E-state index contributed by atoms with van der Waals surface area (Å²) in [4.78, 5) is 21.9. The van der Waals surface area contributed by atoms with E-state index >= 15 is 0 Å². The van der Waals surface area contributed by atoms with Gasteiger partial charge in [-0.15, -0.1) is 0 Å². The van der Waals surface area contributed by atoms with E-state index in [1.807, 2.05) is 20.8 Å². The summed E-state index contributed by atoms with van der Waals surface area (Å²) in [5.41, 5.74) is 0.798. The molecule has 0 aliphatic carbocycles. The minimum Gasteiger partial charge on any atom is -0.458 e. The molecule has 0 amide bonds. The molecule has 0 bridgehead atoms. The highest BCUT2D eigenvalue weighted by Crippen LogP contribution is 2.30. The Morgan fingerprint density at radius 3 is 2.12 bits per heavy atom. The summed E-state index contributed by atoms with van der Waals surface area (Å²) in [6, 6.07) is 0. The monoisotopic (exact) mass is 240 g/mol. The van der Waals surface area contributed by atoms with Crippen molar-refractivity contribution in [2.45, 2.75) is 60.0 Å². The van der Waals surface area contributed by atoms with E-state index in [1.54, 1.807) is 6.92 Å². The summed E-state index contributed by atoms with van der Waals surface area (Å²) in [7, 11) is 0. The summed E-state index contributed by atoms with van der Waals surface area (Å²) in [5.74, 6) is -0.142. The third-order valence-electron chi connectivity index (χ3n) is 2.66. The molecule has 0 radical (unpaired) electrons. The van der Waals surface area contributed by atoms with Gasteiger partial charge in [-0.3, -0.25) is 4.79 Å². The second-order valence-corrected chi connectivity index (χ2v) is 5.47. The fourth-order valence-corrected chi connectivity index (χ4v) is 1.52. The van der Waals surface area contributed by atoms with Crippen LogP contribution in [0.3, 0.4) is 0 Å². The fourth-order valence-electron chi connectivity index (χ4n) is 1.52. The van der Waals surface area contributed by atoms with Crippen LogP contribution in [0.15, 0.2) is 12.2 Å². The molecule has 0 aromatic carbocycles. The summed E-state index contributed by atoms with van der Waals surface area (Å²) in [5, 5.41) is 0. The number of hydrogen-bond acceptors (Lipinski definition) is 3. The highest BCUT2D eigenvalue weighted by molar-refractivity contribution is 5.75. The SMILES string of the molecule is C=C(C(CCCC(C)=O)OC(C)=O)C(C)(C)C. The van der Waals surface area contributed by atoms with Crippen LogP contribution in [-0.4, -0.2) is 17.9 Å². The van der Waals surface area contributed by atoms with E-state index in [2.05, 4.69) is 6.58 Å². The third kappa shape index (κ3) is 6.93. The number of hydrogen-bond donors (Lipinski definition) is 0. The molecular formula is C14H24O3. The number of rotatable bonds is 6. The summed E-state index contributed by atoms with van der Waals surface area (Å²) in [6.45, 7) is 13.1. The van der Waals surface area contributed by atoms with Crippen LogP contribution >= 0.6 is 0 Å². The first-order valence-corrected chi connectivity index (χ1v) is 6.00. The molecule has 1 unspecified atom stereocenters. The molecule has 3 heteroatoms. The molecule has 0 spiro atoms. The third-order valence-corrected chi connectivity index (χ3v) is 2.66. The molecule has 0 N–H and O–H groups in total. The molecule has 0 fully saturated rings. The summed E-state index contributed by atoms with van der Waals surface area (Å²) < 4.78 is 5.27. The zero-order valence-electron chi connectivity index (χ0n) is 11.6. The quantitative estimate of drug-likeness (QED) is 0.528. The minimum atomic E-state index is -0.303. The van der Waals surface area contributed by atoms with E-state index in [4.69, 9.17) is 4.74 Å². The lowest BCUT2D eigenvalue weighted by Gasteiger charge is -2.29. The van der Waals surface area contributed by atoms with Crippen molar-refractivity contribution in [1.82, 2.24) is 0 Å². The van der Waals surface area contributed by atoms with Crippen LogP contribution in [0, 0.1) is 5.41 Å². The standard InChI is InChI=1S/C14H24O3/c1-10(15)8-7-9-13(17-12(3)16)11(2)14(4,5)6/h13H,2,7-9H2,1,3-6H3. The summed E-state index contributed by atoms with van der Waals surface area (Å²) >= 11 is 0. The van der Waals surface area contributed by atoms with Gasteiger partial charge in [-0.05, 0) is 30.8 Å². The first-order chi connectivity index (χ1) is 7.64. The maximum absolute atomic E-state index is 11.1. The van der Waals surface area contributed by atoms with Crippen molar-refractivity contribution in [2.75, 3.05) is 0 Å². The normalized spacial score (nSPS) is 13.0. The van der Waals surface area contributed by atoms with Gasteiger partial charge in [0.25, 0.3) is 0 Å². The maximum Gasteiger partial charge on any atom is 0.303 e. The minimum absolute atomic E-state index is 0.101. The van der Waals surface area contributed by atoms with Gasteiger partial charge >= 0.3 is 5.97 Å². The van der Waals surface area contributed by atoms with Crippen LogP contribution in [-0.2, 0) is 14.3 Å². The largest absolute Gasteiger partial charge is 0.458 e. The van der Waals surface area contributed by atoms with Crippen molar-refractivity contribution in [1.29, 1.82) is 0 Å². The van der Waals surface area contributed by atoms with E-state index < -0.39 is 0 Å². The Hall–Kier alpha value is -1.12. The second-order valence-electron chi connectivity index (χ2n) is 5.47. The average Bonchev–Trinajstić information content (AvgIpc) is 2.12. The first-order valence-electron chi connectivity index (χ1n) is 6.00. The van der Waals surface area contributed by atoms with Gasteiger partial charge in [-0.25, -0.2) is 0 Å². The predicted octanol–water partition coefficient (Wildman–Crippen LogP) is 3.28. The molecule has 0 saturated heterocycles. The molecule has 0 aliphatic rings. The van der Waals surface area contributed by atoms with Gasteiger partial charge in [0.1, 0.15) is 11.9 Å². The van der Waals surface area contributed by atoms with E-state index in [9.17, 15) is 9.59 Å². The Kier molecular flexibility index (Phi) is 6.14. The van der Waals surface area contributed by atoms with Gasteiger partial charge in [0.2, 0.25) is 0 Å². The van der Waals surface area contributed by atoms with Crippen molar-refractivity contribution in [3.8, 4) is 0 Å². The van der Waals surface area contributed by atoms with Gasteiger partial charge in [0.05, 0.1) is 0 Å². The molecule has 17 heavy (non-hydrogen) atoms. The molecule has 0 aliphatic heterocycles. The molecule has 3 nitrogen and oxygen atoms in total. The van der Waals surface area contributed by atoms with Crippen molar-refractivity contribution >= 4 is 11.8 Å². The number of ketones is 1. The number of ether oxygens (including phenoxy) is 1. The number of Topliss-reactive ketones (excluding diaryl/α,β-unsaturated/α-hetero) is 1. The van der Waals surface area contributed by atoms with Gasteiger partial charge in [-0.2, -0.15) is 0 Å². The van der Waals surface area contributed by atoms with Crippen LogP contribution in [0.1, 0.15) is 53.9 Å². The Balaban J connectivity index is 4.48. The highest BCUT2D eigenvalue weighted by atomic mass is 16.5. The van der Waals surface area contributed by atoms with Gasteiger partial charge in [0, 0.05) is 13.3 Å². The zero-order valence-corrected chi connectivity index (χ0v) is 11.6. The van der Waals surface area contributed by atoms with E-state index in [-0.39, 0.29) is 23.3 Å². The molecule has 0 heterocycles. The van der Waals surface area contributed by atoms with Crippen LogP contribution in [0.4, 0.5) is 0 Å². The molecular weight excluding hydrogens is 216 g/mol. The molecule has 0 aromatic rings. The van der Waals surface area contributed by atoms with E-state index in [0.717, 1.165) is 12.0 Å². The van der Waals surface area contributed by atoms with Gasteiger partial charge in [-0.1, -0.05) is 27.4 Å². The predicted molar refractivity (Wildman–Crippen MR) is 68.7 cm³/mol. The average molecular weight is 240 g/mol. The Morgan fingerprint density at radius 2 is 1.76 bits per heavy atom. The Morgan fingerprint density at radius 1 is 1.24 bits per heavy atom. The fraction of sp³-hybridized carbons (Fsp3) is 0.714. The van der Waals surface area contributed by atoms with Crippen molar-refractivity contribution in [3.05, 3.63) is 12.2 Å². The number of carbonyl (C=O) groups is 2. The summed E-state index contributed by atoms with van der Waals surface area (Å²) in [6.07, 6.45) is 1.62. The molecule has 0 aromatic heterocycles. The number of esters is 1. The Bertz CT molecular complexity index is 297. The zero-order chi connectivity index (χ0) is 13.6. The lowest BCUT2D eigenvalue weighted by Crippen LogP contribution is -2.26. The Labute approximate surface area is 104 Å². The van der Waals surface area contributed by atoms with E-state index in [0.29, 0.717) is 12.8 Å². The van der Waals surface area contributed by atoms with Crippen LogP contribution in [0.25, 0.3) is 0 Å². The van der Waals surface area contributed by atoms with Crippen molar-refractivity contribution in [3.63, 3.8) is 0 Å². The first kappa shape index (κ1) is 15.9.